The SMILES string of the molecule is CC(N)(Cc1ccc(OCc2ccccc2)cc1)c1ccccc1. The van der Waals surface area contributed by atoms with E-state index in [1.54, 1.807) is 0 Å². The first kappa shape index (κ1) is 16.3. The minimum absolute atomic E-state index is 0.381. The van der Waals surface area contributed by atoms with Gasteiger partial charge in [-0.3, -0.25) is 0 Å². The third-order valence-corrected chi connectivity index (χ3v) is 4.18. The van der Waals surface area contributed by atoms with Gasteiger partial charge in [-0.25, -0.2) is 0 Å². The van der Waals surface area contributed by atoms with Crippen molar-refractivity contribution in [3.63, 3.8) is 0 Å². The van der Waals surface area contributed by atoms with E-state index in [1.807, 2.05) is 48.5 Å². The molecule has 0 aliphatic heterocycles. The summed E-state index contributed by atoms with van der Waals surface area (Å²) in [6.07, 6.45) is 0.788. The molecule has 0 fully saturated rings. The summed E-state index contributed by atoms with van der Waals surface area (Å²) in [4.78, 5) is 0. The van der Waals surface area contributed by atoms with E-state index >= 15 is 0 Å². The van der Waals surface area contributed by atoms with Gasteiger partial charge in [0.05, 0.1) is 0 Å². The largest absolute Gasteiger partial charge is 0.489 e. The van der Waals surface area contributed by atoms with Gasteiger partial charge in [-0.05, 0) is 42.2 Å². The second kappa shape index (κ2) is 7.33. The van der Waals surface area contributed by atoms with Gasteiger partial charge in [0.2, 0.25) is 0 Å². The molecule has 0 aromatic heterocycles. The summed E-state index contributed by atoms with van der Waals surface area (Å²) in [7, 11) is 0. The summed E-state index contributed by atoms with van der Waals surface area (Å²) >= 11 is 0. The molecule has 3 aromatic rings. The molecule has 0 amide bonds. The molecule has 2 nitrogen and oxygen atoms in total. The van der Waals surface area contributed by atoms with Crippen molar-refractivity contribution in [1.29, 1.82) is 0 Å². The van der Waals surface area contributed by atoms with Crippen LogP contribution in [0.2, 0.25) is 0 Å². The lowest BCUT2D eigenvalue weighted by Crippen LogP contribution is -2.35. The zero-order valence-corrected chi connectivity index (χ0v) is 14.0. The van der Waals surface area contributed by atoms with Gasteiger partial charge in [-0.2, -0.15) is 0 Å². The molecule has 122 valence electrons. The van der Waals surface area contributed by atoms with Gasteiger partial charge in [0.1, 0.15) is 12.4 Å². The molecule has 0 saturated carbocycles. The zero-order valence-electron chi connectivity index (χ0n) is 14.0. The molecule has 3 aromatic carbocycles. The van der Waals surface area contributed by atoms with E-state index in [-0.39, 0.29) is 5.54 Å². The lowest BCUT2D eigenvalue weighted by atomic mass is 9.87. The monoisotopic (exact) mass is 317 g/mol. The summed E-state index contributed by atoms with van der Waals surface area (Å²) in [5.41, 5.74) is 9.65. The number of benzene rings is 3. The Balaban J connectivity index is 1.62. The van der Waals surface area contributed by atoms with E-state index in [0.717, 1.165) is 17.7 Å². The molecule has 1 atom stereocenters. The summed E-state index contributed by atoms with van der Waals surface area (Å²) < 4.78 is 5.83. The van der Waals surface area contributed by atoms with Crippen LogP contribution in [0.4, 0.5) is 0 Å². The van der Waals surface area contributed by atoms with E-state index in [1.165, 1.54) is 11.1 Å². The first-order valence-electron chi connectivity index (χ1n) is 8.23. The minimum atomic E-state index is -0.381. The van der Waals surface area contributed by atoms with Crippen LogP contribution in [0.1, 0.15) is 23.6 Å². The lowest BCUT2D eigenvalue weighted by Gasteiger charge is -2.25. The second-order valence-electron chi connectivity index (χ2n) is 6.38. The maximum Gasteiger partial charge on any atom is 0.119 e. The molecule has 0 aliphatic rings. The Morgan fingerprint density at radius 1 is 0.750 bits per heavy atom. The van der Waals surface area contributed by atoms with Gasteiger partial charge in [0, 0.05) is 5.54 Å². The predicted molar refractivity (Wildman–Crippen MR) is 98.9 cm³/mol. The van der Waals surface area contributed by atoms with Crippen molar-refractivity contribution in [3.05, 3.63) is 102 Å². The molecular formula is C22H23NO. The van der Waals surface area contributed by atoms with Crippen molar-refractivity contribution >= 4 is 0 Å². The van der Waals surface area contributed by atoms with Crippen LogP contribution in [0.5, 0.6) is 5.75 Å². The number of nitrogens with two attached hydrogens (primary N) is 1. The third-order valence-electron chi connectivity index (χ3n) is 4.18. The summed E-state index contributed by atoms with van der Waals surface area (Å²) in [6, 6.07) is 28.6. The van der Waals surface area contributed by atoms with Crippen LogP contribution in [0.15, 0.2) is 84.9 Å². The highest BCUT2D eigenvalue weighted by Gasteiger charge is 2.21. The van der Waals surface area contributed by atoms with Gasteiger partial charge < -0.3 is 10.5 Å². The van der Waals surface area contributed by atoms with Gasteiger partial charge in [-0.15, -0.1) is 0 Å². The van der Waals surface area contributed by atoms with Crippen molar-refractivity contribution in [1.82, 2.24) is 0 Å². The zero-order chi connectivity index (χ0) is 16.8. The molecule has 0 bridgehead atoms. The highest BCUT2D eigenvalue weighted by atomic mass is 16.5. The quantitative estimate of drug-likeness (QED) is 0.716. The Labute approximate surface area is 143 Å². The Bertz CT molecular complexity index is 749. The van der Waals surface area contributed by atoms with Crippen LogP contribution in [-0.2, 0) is 18.6 Å². The van der Waals surface area contributed by atoms with E-state index in [2.05, 4.69) is 43.3 Å². The fourth-order valence-corrected chi connectivity index (χ4v) is 2.79. The van der Waals surface area contributed by atoms with E-state index in [9.17, 15) is 0 Å². The summed E-state index contributed by atoms with van der Waals surface area (Å²) in [6.45, 7) is 2.65. The minimum Gasteiger partial charge on any atom is -0.489 e. The molecule has 1 unspecified atom stereocenters. The standard InChI is InChI=1S/C22H23NO/c1-22(23,20-10-6-3-7-11-20)16-18-12-14-21(15-13-18)24-17-19-8-4-2-5-9-19/h2-15H,16-17,23H2,1H3. The molecular weight excluding hydrogens is 294 g/mol. The second-order valence-corrected chi connectivity index (χ2v) is 6.38. The van der Waals surface area contributed by atoms with Gasteiger partial charge in [-0.1, -0.05) is 72.8 Å². The molecule has 0 spiro atoms. The van der Waals surface area contributed by atoms with Crippen molar-refractivity contribution in [2.45, 2.75) is 25.5 Å². The van der Waals surface area contributed by atoms with Gasteiger partial charge in [0.15, 0.2) is 0 Å². The van der Waals surface area contributed by atoms with Crippen LogP contribution in [0, 0.1) is 0 Å². The van der Waals surface area contributed by atoms with E-state index < -0.39 is 0 Å². The van der Waals surface area contributed by atoms with Gasteiger partial charge >= 0.3 is 0 Å². The smallest absolute Gasteiger partial charge is 0.119 e. The van der Waals surface area contributed by atoms with E-state index in [0.29, 0.717) is 6.61 Å². The summed E-state index contributed by atoms with van der Waals surface area (Å²) in [5, 5.41) is 0. The molecule has 24 heavy (non-hydrogen) atoms. The fraction of sp³-hybridized carbons (Fsp3) is 0.182. The van der Waals surface area contributed by atoms with Crippen LogP contribution >= 0.6 is 0 Å². The van der Waals surface area contributed by atoms with E-state index in [4.69, 9.17) is 10.5 Å². The third kappa shape index (κ3) is 4.24. The maximum absolute atomic E-state index is 6.51. The van der Waals surface area contributed by atoms with Crippen LogP contribution < -0.4 is 10.5 Å². The average Bonchev–Trinajstić information content (AvgIpc) is 2.62. The Morgan fingerprint density at radius 3 is 1.96 bits per heavy atom. The van der Waals surface area contributed by atoms with Crippen molar-refractivity contribution in [3.8, 4) is 5.75 Å². The van der Waals surface area contributed by atoms with Crippen molar-refractivity contribution in [2.24, 2.45) is 5.73 Å². The highest BCUT2D eigenvalue weighted by molar-refractivity contribution is 5.31. The Morgan fingerprint density at radius 2 is 1.33 bits per heavy atom. The average molecular weight is 317 g/mol. The normalized spacial score (nSPS) is 13.2. The predicted octanol–water partition coefficient (Wildman–Crippen LogP) is 4.68. The van der Waals surface area contributed by atoms with Gasteiger partial charge in [0.25, 0.3) is 0 Å². The first-order chi connectivity index (χ1) is 11.6. The number of ether oxygens (including phenoxy) is 1. The molecule has 0 heterocycles. The number of hydrogen-bond acceptors (Lipinski definition) is 2. The van der Waals surface area contributed by atoms with Crippen molar-refractivity contribution in [2.75, 3.05) is 0 Å². The maximum atomic E-state index is 6.51. The van der Waals surface area contributed by atoms with Crippen LogP contribution in [0.3, 0.4) is 0 Å². The molecule has 0 saturated heterocycles. The molecule has 0 radical (unpaired) electrons. The highest BCUT2D eigenvalue weighted by Crippen LogP contribution is 2.24. The molecule has 3 rings (SSSR count). The number of rotatable bonds is 6. The Hall–Kier alpha value is -2.58. The van der Waals surface area contributed by atoms with Crippen molar-refractivity contribution < 1.29 is 4.74 Å². The topological polar surface area (TPSA) is 35.2 Å². The molecule has 0 aliphatic carbocycles. The lowest BCUT2D eigenvalue weighted by molar-refractivity contribution is 0.306. The van der Waals surface area contributed by atoms with Crippen LogP contribution in [-0.4, -0.2) is 0 Å². The molecule has 2 heteroatoms. The fourth-order valence-electron chi connectivity index (χ4n) is 2.79. The molecule has 2 N–H and O–H groups in total. The Kier molecular flexibility index (Phi) is 4.97. The first-order valence-corrected chi connectivity index (χ1v) is 8.23. The van der Waals surface area contributed by atoms with Crippen LogP contribution in [0.25, 0.3) is 0 Å². The summed E-state index contributed by atoms with van der Waals surface area (Å²) in [5.74, 6) is 0.876. The number of hydrogen-bond donors (Lipinski definition) is 1.